The molecule has 2 fully saturated rings. The van der Waals surface area contributed by atoms with Crippen LogP contribution in [-0.4, -0.2) is 33.8 Å². The molecule has 3 unspecified atom stereocenters. The topological polar surface area (TPSA) is 59.1 Å². The van der Waals surface area contributed by atoms with Crippen molar-refractivity contribution >= 4 is 0 Å². The Morgan fingerprint density at radius 2 is 2.11 bits per heavy atom. The van der Waals surface area contributed by atoms with Gasteiger partial charge in [-0.15, -0.1) is 0 Å². The standard InChI is InChI=1S/C14H25N5/c1-3-19-13(6-7-16-19)14(17-15)10-8-11-4-5-12(9-10)18(11)2/h6-7,10-12,14,17H,3-5,8-9,15H2,1-2H3. The highest BCUT2D eigenvalue weighted by Crippen LogP contribution is 2.42. The zero-order valence-corrected chi connectivity index (χ0v) is 11.9. The Morgan fingerprint density at radius 3 is 2.68 bits per heavy atom. The first-order valence-electron chi connectivity index (χ1n) is 7.44. The lowest BCUT2D eigenvalue weighted by Crippen LogP contribution is -2.45. The largest absolute Gasteiger partial charge is 0.300 e. The van der Waals surface area contributed by atoms with E-state index >= 15 is 0 Å². The minimum atomic E-state index is 0.235. The monoisotopic (exact) mass is 263 g/mol. The Labute approximate surface area is 115 Å². The van der Waals surface area contributed by atoms with Crippen LogP contribution in [0, 0.1) is 5.92 Å². The maximum Gasteiger partial charge on any atom is 0.0658 e. The van der Waals surface area contributed by atoms with Crippen molar-refractivity contribution in [3.05, 3.63) is 18.0 Å². The van der Waals surface area contributed by atoms with Crippen molar-refractivity contribution in [3.8, 4) is 0 Å². The maximum absolute atomic E-state index is 5.86. The number of hydrogen-bond donors (Lipinski definition) is 2. The van der Waals surface area contributed by atoms with Gasteiger partial charge in [-0.1, -0.05) is 0 Å². The van der Waals surface area contributed by atoms with Crippen LogP contribution in [0.5, 0.6) is 0 Å². The van der Waals surface area contributed by atoms with Crippen LogP contribution < -0.4 is 11.3 Å². The first-order valence-corrected chi connectivity index (χ1v) is 7.44. The van der Waals surface area contributed by atoms with E-state index in [2.05, 4.69) is 40.1 Å². The van der Waals surface area contributed by atoms with Gasteiger partial charge in [0.2, 0.25) is 0 Å². The fourth-order valence-corrected chi connectivity index (χ4v) is 4.06. The summed E-state index contributed by atoms with van der Waals surface area (Å²) < 4.78 is 2.06. The molecule has 0 aromatic carbocycles. The number of nitrogens with one attached hydrogen (secondary N) is 1. The molecule has 5 nitrogen and oxygen atoms in total. The highest BCUT2D eigenvalue weighted by Gasteiger charge is 2.41. The summed E-state index contributed by atoms with van der Waals surface area (Å²) in [6.45, 7) is 3.03. The molecule has 3 atom stereocenters. The third kappa shape index (κ3) is 2.20. The number of rotatable bonds is 4. The van der Waals surface area contributed by atoms with Crippen LogP contribution in [0.4, 0.5) is 0 Å². The normalized spacial score (nSPS) is 32.7. The summed E-state index contributed by atoms with van der Waals surface area (Å²) in [4.78, 5) is 2.57. The lowest BCUT2D eigenvalue weighted by molar-refractivity contribution is 0.110. The second kappa shape index (κ2) is 5.23. The molecule has 0 spiro atoms. The summed E-state index contributed by atoms with van der Waals surface area (Å²) in [6.07, 6.45) is 7.07. The molecular formula is C14H25N5. The van der Waals surface area contributed by atoms with Gasteiger partial charge in [0, 0.05) is 24.8 Å². The van der Waals surface area contributed by atoms with Crippen LogP contribution in [0.2, 0.25) is 0 Å². The molecule has 3 heterocycles. The van der Waals surface area contributed by atoms with Crippen molar-refractivity contribution in [2.75, 3.05) is 7.05 Å². The molecule has 2 bridgehead atoms. The Morgan fingerprint density at radius 1 is 1.42 bits per heavy atom. The van der Waals surface area contributed by atoms with Gasteiger partial charge in [0.05, 0.1) is 11.7 Å². The Bertz CT molecular complexity index is 415. The van der Waals surface area contributed by atoms with E-state index < -0.39 is 0 Å². The Balaban J connectivity index is 1.80. The number of hydrogen-bond acceptors (Lipinski definition) is 4. The zero-order chi connectivity index (χ0) is 13.4. The van der Waals surface area contributed by atoms with E-state index in [9.17, 15) is 0 Å². The molecule has 0 aliphatic carbocycles. The summed E-state index contributed by atoms with van der Waals surface area (Å²) in [6, 6.07) is 3.84. The molecule has 3 rings (SSSR count). The van der Waals surface area contributed by atoms with E-state index in [1.54, 1.807) is 0 Å². The summed E-state index contributed by atoms with van der Waals surface area (Å²) in [7, 11) is 2.28. The van der Waals surface area contributed by atoms with Gasteiger partial charge < -0.3 is 4.90 Å². The van der Waals surface area contributed by atoms with Crippen molar-refractivity contribution in [3.63, 3.8) is 0 Å². The van der Waals surface area contributed by atoms with E-state index in [1.807, 2.05) is 6.20 Å². The van der Waals surface area contributed by atoms with E-state index in [0.717, 1.165) is 18.6 Å². The summed E-state index contributed by atoms with van der Waals surface area (Å²) in [5, 5.41) is 4.38. The fraction of sp³-hybridized carbons (Fsp3) is 0.786. The minimum Gasteiger partial charge on any atom is -0.300 e. The zero-order valence-electron chi connectivity index (χ0n) is 11.9. The van der Waals surface area contributed by atoms with Crippen LogP contribution in [0.1, 0.15) is 44.3 Å². The van der Waals surface area contributed by atoms with E-state index in [1.165, 1.54) is 31.4 Å². The lowest BCUT2D eigenvalue weighted by atomic mass is 9.84. The first kappa shape index (κ1) is 13.1. The number of piperidine rings is 1. The van der Waals surface area contributed by atoms with Gasteiger partial charge in [0.1, 0.15) is 0 Å². The Hall–Kier alpha value is -0.910. The van der Waals surface area contributed by atoms with Crippen molar-refractivity contribution < 1.29 is 0 Å². The summed E-state index contributed by atoms with van der Waals surface area (Å²) in [5.74, 6) is 6.49. The predicted octanol–water partition coefficient (Wildman–Crippen LogP) is 1.28. The van der Waals surface area contributed by atoms with Crippen molar-refractivity contribution in [2.24, 2.45) is 11.8 Å². The fourth-order valence-electron chi connectivity index (χ4n) is 4.06. The van der Waals surface area contributed by atoms with Crippen molar-refractivity contribution in [2.45, 2.75) is 57.3 Å². The van der Waals surface area contributed by atoms with Crippen LogP contribution in [-0.2, 0) is 6.54 Å². The quantitative estimate of drug-likeness (QED) is 0.634. The maximum atomic E-state index is 5.86. The number of nitrogens with zero attached hydrogens (tertiary/aromatic N) is 3. The third-order valence-corrected chi connectivity index (χ3v) is 5.15. The molecule has 2 saturated heterocycles. The molecule has 1 aromatic heterocycles. The van der Waals surface area contributed by atoms with Gasteiger partial charge in [-0.3, -0.25) is 16.0 Å². The molecule has 2 aliphatic rings. The van der Waals surface area contributed by atoms with E-state index in [4.69, 9.17) is 5.84 Å². The lowest BCUT2D eigenvalue weighted by Gasteiger charge is -2.39. The number of nitrogens with two attached hydrogens (primary N) is 1. The van der Waals surface area contributed by atoms with Gasteiger partial charge in [-0.25, -0.2) is 0 Å². The molecule has 19 heavy (non-hydrogen) atoms. The van der Waals surface area contributed by atoms with Crippen LogP contribution >= 0.6 is 0 Å². The second-order valence-corrected chi connectivity index (χ2v) is 6.00. The number of aryl methyl sites for hydroxylation is 1. The first-order chi connectivity index (χ1) is 9.24. The number of hydrazine groups is 1. The second-order valence-electron chi connectivity index (χ2n) is 6.00. The average Bonchev–Trinajstić information content (AvgIpc) is 2.93. The van der Waals surface area contributed by atoms with Crippen molar-refractivity contribution in [1.82, 2.24) is 20.1 Å². The average molecular weight is 263 g/mol. The molecular weight excluding hydrogens is 238 g/mol. The summed E-state index contributed by atoms with van der Waals surface area (Å²) >= 11 is 0. The van der Waals surface area contributed by atoms with Crippen LogP contribution in [0.15, 0.2) is 12.3 Å². The Kier molecular flexibility index (Phi) is 3.60. The van der Waals surface area contributed by atoms with Gasteiger partial charge in [0.15, 0.2) is 0 Å². The van der Waals surface area contributed by atoms with Crippen LogP contribution in [0.3, 0.4) is 0 Å². The highest BCUT2D eigenvalue weighted by molar-refractivity contribution is 5.10. The van der Waals surface area contributed by atoms with Crippen LogP contribution in [0.25, 0.3) is 0 Å². The molecule has 0 amide bonds. The molecule has 1 aromatic rings. The van der Waals surface area contributed by atoms with E-state index in [0.29, 0.717) is 5.92 Å². The highest BCUT2D eigenvalue weighted by atomic mass is 15.3. The summed E-state index contributed by atoms with van der Waals surface area (Å²) in [5.41, 5.74) is 4.29. The van der Waals surface area contributed by atoms with Gasteiger partial charge in [0.25, 0.3) is 0 Å². The SMILES string of the molecule is CCn1nccc1C(NN)C1CC2CCC(C1)N2C. The predicted molar refractivity (Wildman–Crippen MR) is 75.3 cm³/mol. The number of aromatic nitrogens is 2. The third-order valence-electron chi connectivity index (χ3n) is 5.15. The smallest absolute Gasteiger partial charge is 0.0658 e. The molecule has 0 radical (unpaired) electrons. The van der Waals surface area contributed by atoms with Gasteiger partial charge in [-0.05, 0) is 51.6 Å². The minimum absolute atomic E-state index is 0.235. The van der Waals surface area contributed by atoms with Gasteiger partial charge in [-0.2, -0.15) is 5.10 Å². The molecule has 0 saturated carbocycles. The van der Waals surface area contributed by atoms with Gasteiger partial charge >= 0.3 is 0 Å². The molecule has 3 N–H and O–H groups in total. The van der Waals surface area contributed by atoms with E-state index in [-0.39, 0.29) is 6.04 Å². The number of fused-ring (bicyclic) bond motifs is 2. The molecule has 2 aliphatic heterocycles. The van der Waals surface area contributed by atoms with Crippen molar-refractivity contribution in [1.29, 1.82) is 0 Å². The molecule has 5 heteroatoms. The molecule has 106 valence electrons.